The summed E-state index contributed by atoms with van der Waals surface area (Å²) in [4.78, 5) is 32.8. The van der Waals surface area contributed by atoms with Crippen molar-refractivity contribution in [3.63, 3.8) is 0 Å². The zero-order chi connectivity index (χ0) is 29.7. The van der Waals surface area contributed by atoms with Gasteiger partial charge in [0.2, 0.25) is 0 Å². The van der Waals surface area contributed by atoms with Gasteiger partial charge >= 0.3 is 6.03 Å². The molecule has 42 heavy (non-hydrogen) atoms. The third-order valence-electron chi connectivity index (χ3n) is 7.68. The maximum atomic E-state index is 13.1. The van der Waals surface area contributed by atoms with Gasteiger partial charge < -0.3 is 25.3 Å². The molecule has 2 aromatic heterocycles. The van der Waals surface area contributed by atoms with E-state index in [4.69, 9.17) is 0 Å². The van der Waals surface area contributed by atoms with Crippen molar-refractivity contribution in [1.82, 2.24) is 19.6 Å². The number of amides is 3. The molecular weight excluding hydrogens is 544 g/mol. The molecule has 3 N–H and O–H groups in total. The van der Waals surface area contributed by atoms with Crippen LogP contribution in [0.15, 0.2) is 67.1 Å². The van der Waals surface area contributed by atoms with Crippen molar-refractivity contribution in [3.8, 4) is 11.1 Å². The molecule has 0 saturated carbocycles. The average Bonchev–Trinajstić information content (AvgIpc) is 3.46. The second-order valence-electron chi connectivity index (χ2n) is 11.7. The third-order valence-corrected chi connectivity index (χ3v) is 8.62. The summed E-state index contributed by atoms with van der Waals surface area (Å²) in [5, 5.41) is 9.08. The van der Waals surface area contributed by atoms with E-state index >= 15 is 0 Å². The Morgan fingerprint density at radius 2 is 1.76 bits per heavy atom. The third kappa shape index (κ3) is 7.14. The second kappa shape index (κ2) is 13.0. The first-order chi connectivity index (χ1) is 20.2. The Balaban J connectivity index is 1.29. The normalized spacial score (nSPS) is 14.1. The summed E-state index contributed by atoms with van der Waals surface area (Å²) >= 11 is 2.00. The van der Waals surface area contributed by atoms with Crippen molar-refractivity contribution in [1.29, 1.82) is 0 Å². The highest BCUT2D eigenvalue weighted by Crippen LogP contribution is 2.32. The van der Waals surface area contributed by atoms with Crippen LogP contribution in [-0.2, 0) is 5.41 Å². The lowest BCUT2D eigenvalue weighted by Crippen LogP contribution is -2.36. The molecule has 0 spiro atoms. The number of thioether (sulfide) groups is 1. The summed E-state index contributed by atoms with van der Waals surface area (Å²) in [5.74, 6) is 2.22. The number of fused-ring (bicyclic) bond motifs is 1. The molecule has 1 aliphatic heterocycles. The monoisotopic (exact) mass is 584 g/mol. The summed E-state index contributed by atoms with van der Waals surface area (Å²) < 4.78 is 1.90. The maximum absolute atomic E-state index is 13.1. The molecule has 0 atom stereocenters. The number of anilines is 2. The number of nitrogens with zero attached hydrogens (tertiary/aromatic N) is 3. The molecule has 1 aliphatic rings. The van der Waals surface area contributed by atoms with Gasteiger partial charge in [-0.05, 0) is 66.3 Å². The fourth-order valence-corrected chi connectivity index (χ4v) is 6.15. The number of carbonyl (C=O) groups is 2. The highest BCUT2D eigenvalue weighted by Gasteiger charge is 2.17. The molecule has 4 aromatic rings. The number of nitrogens with one attached hydrogen (secondary N) is 3. The summed E-state index contributed by atoms with van der Waals surface area (Å²) in [5.41, 5.74) is 6.64. The first-order valence-corrected chi connectivity index (χ1v) is 15.7. The number of hydrogen-bond donors (Lipinski definition) is 3. The number of aromatic nitrogens is 2. The molecule has 9 heteroatoms. The fraction of sp³-hybridized carbons (Fsp3) is 0.364. The van der Waals surface area contributed by atoms with Crippen molar-refractivity contribution >= 4 is 40.7 Å². The van der Waals surface area contributed by atoms with Gasteiger partial charge in [-0.1, -0.05) is 45.0 Å². The Hall–Kier alpha value is -3.82. The van der Waals surface area contributed by atoms with Crippen LogP contribution in [0.3, 0.4) is 0 Å². The molecule has 0 bridgehead atoms. The van der Waals surface area contributed by atoms with Gasteiger partial charge in [-0.15, -0.1) is 0 Å². The zero-order valence-corrected chi connectivity index (χ0v) is 25.7. The number of rotatable bonds is 8. The van der Waals surface area contributed by atoms with Gasteiger partial charge in [-0.2, -0.15) is 11.8 Å². The fourth-order valence-electron chi connectivity index (χ4n) is 5.17. The number of pyridine rings is 1. The number of carbonyl (C=O) groups excluding carboxylic acids is 2. The molecule has 0 unspecified atom stereocenters. The number of imidazole rings is 1. The summed E-state index contributed by atoms with van der Waals surface area (Å²) in [6.45, 7) is 12.3. The largest absolute Gasteiger partial charge is 0.338 e. The van der Waals surface area contributed by atoms with E-state index in [9.17, 15) is 9.59 Å². The maximum Gasteiger partial charge on any atom is 0.319 e. The van der Waals surface area contributed by atoms with Crippen molar-refractivity contribution in [3.05, 3.63) is 83.8 Å². The van der Waals surface area contributed by atoms with Gasteiger partial charge in [0.1, 0.15) is 0 Å². The first kappa shape index (κ1) is 29.7. The molecule has 1 fully saturated rings. The highest BCUT2D eigenvalue weighted by atomic mass is 32.2. The Bertz CT molecular complexity index is 1550. The van der Waals surface area contributed by atoms with E-state index in [1.807, 2.05) is 84.0 Å². The van der Waals surface area contributed by atoms with Crippen molar-refractivity contribution in [2.75, 3.05) is 48.3 Å². The summed E-state index contributed by atoms with van der Waals surface area (Å²) in [6, 6.07) is 15.3. The Morgan fingerprint density at radius 1 is 1.00 bits per heavy atom. The minimum Gasteiger partial charge on any atom is -0.338 e. The molecule has 3 heterocycles. The van der Waals surface area contributed by atoms with Crippen LogP contribution in [0.1, 0.15) is 48.7 Å². The van der Waals surface area contributed by atoms with Crippen LogP contribution in [0, 0.1) is 6.92 Å². The number of urea groups is 1. The number of hydrogen-bond acceptors (Lipinski definition) is 5. The van der Waals surface area contributed by atoms with Crippen LogP contribution >= 0.6 is 11.8 Å². The minimum absolute atomic E-state index is 0.0247. The van der Waals surface area contributed by atoms with Crippen LogP contribution in [0.5, 0.6) is 0 Å². The molecule has 1 saturated heterocycles. The predicted octanol–water partition coefficient (Wildman–Crippen LogP) is 6.42. The van der Waals surface area contributed by atoms with Gasteiger partial charge in [0.15, 0.2) is 5.65 Å². The minimum atomic E-state index is -0.249. The van der Waals surface area contributed by atoms with Gasteiger partial charge in [0, 0.05) is 66.5 Å². The van der Waals surface area contributed by atoms with E-state index < -0.39 is 0 Å². The zero-order valence-electron chi connectivity index (χ0n) is 24.9. The Labute approximate surface area is 252 Å². The van der Waals surface area contributed by atoms with E-state index in [2.05, 4.69) is 46.6 Å². The molecule has 8 nitrogen and oxygen atoms in total. The summed E-state index contributed by atoms with van der Waals surface area (Å²) in [6.07, 6.45) is 6.48. The smallest absolute Gasteiger partial charge is 0.319 e. The van der Waals surface area contributed by atoms with Gasteiger partial charge in [0.25, 0.3) is 5.91 Å². The molecule has 0 aliphatic carbocycles. The Morgan fingerprint density at radius 3 is 2.50 bits per heavy atom. The van der Waals surface area contributed by atoms with Crippen LogP contribution in [0.25, 0.3) is 16.8 Å². The van der Waals surface area contributed by atoms with Crippen LogP contribution in [-0.4, -0.2) is 63.9 Å². The van der Waals surface area contributed by atoms with E-state index in [0.717, 1.165) is 48.4 Å². The predicted molar refractivity (Wildman–Crippen MR) is 174 cm³/mol. The Kier molecular flexibility index (Phi) is 9.18. The highest BCUT2D eigenvalue weighted by molar-refractivity contribution is 7.99. The lowest BCUT2D eigenvalue weighted by Gasteiger charge is -2.25. The standard InChI is InChI=1S/C33H40N6O2S/c1-23-27(7-5-8-28(23)36-31(40)24-9-11-26(12-10-24)33(2,3)4)25-21-29(30-34-14-16-39(30)22-25)37-32(41)35-13-6-15-38-17-19-42-20-18-38/h5,7-12,14,16,21-22H,6,13,15,17-20H2,1-4H3,(H,36,40)(H2,35,37,41). The SMILES string of the molecule is Cc1c(NC(=O)c2ccc(C(C)(C)C)cc2)cccc1-c1cc(NC(=O)NCCCN2CCSCC2)c2nccn2c1. The topological polar surface area (TPSA) is 90.8 Å². The molecule has 0 radical (unpaired) electrons. The second-order valence-corrected chi connectivity index (χ2v) is 13.0. The summed E-state index contributed by atoms with van der Waals surface area (Å²) in [7, 11) is 0. The molecular formula is C33H40N6O2S. The molecule has 2 aromatic carbocycles. The number of benzene rings is 2. The van der Waals surface area contributed by atoms with Crippen LogP contribution < -0.4 is 16.0 Å². The van der Waals surface area contributed by atoms with Crippen LogP contribution in [0.2, 0.25) is 0 Å². The van der Waals surface area contributed by atoms with Crippen LogP contribution in [0.4, 0.5) is 16.2 Å². The molecule has 3 amide bonds. The van der Waals surface area contributed by atoms with E-state index in [1.54, 1.807) is 6.20 Å². The van der Waals surface area contributed by atoms with Gasteiger partial charge in [0.05, 0.1) is 5.69 Å². The lowest BCUT2D eigenvalue weighted by molar-refractivity contribution is 0.102. The van der Waals surface area contributed by atoms with E-state index in [1.165, 1.54) is 17.1 Å². The van der Waals surface area contributed by atoms with Gasteiger partial charge in [-0.25, -0.2) is 9.78 Å². The van der Waals surface area contributed by atoms with E-state index in [-0.39, 0.29) is 17.4 Å². The van der Waals surface area contributed by atoms with Crippen molar-refractivity contribution in [2.45, 2.75) is 39.5 Å². The lowest BCUT2D eigenvalue weighted by atomic mass is 9.86. The van der Waals surface area contributed by atoms with Gasteiger partial charge in [-0.3, -0.25) is 4.79 Å². The average molecular weight is 585 g/mol. The molecule has 220 valence electrons. The van der Waals surface area contributed by atoms with Crippen molar-refractivity contribution < 1.29 is 9.59 Å². The van der Waals surface area contributed by atoms with E-state index in [0.29, 0.717) is 23.4 Å². The first-order valence-electron chi connectivity index (χ1n) is 14.5. The quantitative estimate of drug-likeness (QED) is 0.208. The molecule has 5 rings (SSSR count). The van der Waals surface area contributed by atoms with Crippen molar-refractivity contribution in [2.24, 2.45) is 0 Å².